The van der Waals surface area contributed by atoms with E-state index >= 15 is 0 Å². The average Bonchev–Trinajstić information content (AvgIpc) is 3.01. The van der Waals surface area contributed by atoms with Crippen LogP contribution in [-0.2, 0) is 15.0 Å². The van der Waals surface area contributed by atoms with Gasteiger partial charge in [-0.05, 0) is 32.4 Å². The van der Waals surface area contributed by atoms with E-state index in [1.807, 2.05) is 54.0 Å². The molecule has 23 heavy (non-hydrogen) atoms. The highest BCUT2D eigenvalue weighted by Crippen LogP contribution is 2.37. The van der Waals surface area contributed by atoms with Crippen LogP contribution in [0.15, 0.2) is 30.3 Å². The van der Waals surface area contributed by atoms with Gasteiger partial charge in [0.15, 0.2) is 0 Å². The van der Waals surface area contributed by atoms with Crippen LogP contribution >= 0.6 is 11.8 Å². The largest absolute Gasteiger partial charge is 0.341 e. The average molecular weight is 332 g/mol. The molecule has 124 valence electrons. The molecule has 2 fully saturated rings. The number of thioether (sulfide) groups is 1. The predicted molar refractivity (Wildman–Crippen MR) is 93.5 cm³/mol. The van der Waals surface area contributed by atoms with Crippen LogP contribution in [0.2, 0.25) is 0 Å². The number of carbonyl (C=O) groups is 2. The molecule has 2 saturated heterocycles. The number of piperidine rings is 1. The lowest BCUT2D eigenvalue weighted by molar-refractivity contribution is -0.138. The number of Topliss-reactive ketones (excluding diaryl/α,β-unsaturated/α-hetero) is 1. The second-order valence-corrected chi connectivity index (χ2v) is 7.60. The summed E-state index contributed by atoms with van der Waals surface area (Å²) in [6.07, 6.45) is 1.45. The molecule has 0 aromatic heterocycles. The van der Waals surface area contributed by atoms with Gasteiger partial charge in [0.25, 0.3) is 0 Å². The maximum atomic E-state index is 12.7. The first-order valence-corrected chi connectivity index (χ1v) is 9.33. The van der Waals surface area contributed by atoms with Gasteiger partial charge in [-0.15, -0.1) is 11.8 Å². The van der Waals surface area contributed by atoms with E-state index in [4.69, 9.17) is 0 Å². The zero-order chi connectivity index (χ0) is 16.4. The lowest BCUT2D eigenvalue weighted by atomic mass is 9.70. The minimum Gasteiger partial charge on any atom is -0.341 e. The van der Waals surface area contributed by atoms with Crippen LogP contribution in [0.25, 0.3) is 0 Å². The molecule has 0 radical (unpaired) electrons. The molecule has 1 aromatic carbocycles. The van der Waals surface area contributed by atoms with Crippen molar-refractivity contribution < 1.29 is 9.59 Å². The van der Waals surface area contributed by atoms with E-state index in [2.05, 4.69) is 4.90 Å². The van der Waals surface area contributed by atoms with Crippen molar-refractivity contribution in [2.45, 2.75) is 31.2 Å². The Bertz CT molecular complexity index is 582. The molecule has 0 bridgehead atoms. The summed E-state index contributed by atoms with van der Waals surface area (Å²) in [6, 6.07) is 10.0. The minimum atomic E-state index is -0.422. The maximum absolute atomic E-state index is 12.7. The van der Waals surface area contributed by atoms with Crippen LogP contribution in [0.1, 0.15) is 25.3 Å². The monoisotopic (exact) mass is 332 g/mol. The first-order chi connectivity index (χ1) is 11.0. The van der Waals surface area contributed by atoms with Gasteiger partial charge >= 0.3 is 0 Å². The van der Waals surface area contributed by atoms with E-state index in [0.29, 0.717) is 13.1 Å². The number of rotatable bonds is 3. The van der Waals surface area contributed by atoms with E-state index in [-0.39, 0.29) is 17.7 Å². The Morgan fingerprint density at radius 1 is 1.17 bits per heavy atom. The molecule has 0 saturated carbocycles. The summed E-state index contributed by atoms with van der Waals surface area (Å²) < 4.78 is 0. The number of likely N-dealkylation sites (tertiary alicyclic amines) is 1. The van der Waals surface area contributed by atoms with Crippen LogP contribution in [0.3, 0.4) is 0 Å². The predicted octanol–water partition coefficient (Wildman–Crippen LogP) is 2.14. The fourth-order valence-corrected chi connectivity index (χ4v) is 4.90. The second-order valence-electron chi connectivity index (χ2n) is 6.60. The normalized spacial score (nSPS) is 24.6. The van der Waals surface area contributed by atoms with Crippen molar-refractivity contribution >= 4 is 23.5 Å². The zero-order valence-electron chi connectivity index (χ0n) is 13.8. The van der Waals surface area contributed by atoms with E-state index in [0.717, 1.165) is 30.0 Å². The number of likely N-dealkylation sites (N-methyl/N-ethyl adjacent to an activating group) is 1. The molecular weight excluding hydrogens is 308 g/mol. The smallest absolute Gasteiger partial charge is 0.240 e. The molecule has 2 heterocycles. The first-order valence-electron chi connectivity index (χ1n) is 8.18. The summed E-state index contributed by atoms with van der Waals surface area (Å²) in [4.78, 5) is 29.2. The SMILES string of the molecule is CC(=O)C1(c2ccccc2)CCN(C(=O)[C@@H]2CSCN2C)CC1. The standard InChI is InChI=1S/C18H24N2O2S/c1-14(21)18(15-6-4-3-5-7-15)8-10-20(11-9-18)17(22)16-12-23-13-19(16)2/h3-7,16H,8-13H2,1-2H3/t16-/m0/s1. The quantitative estimate of drug-likeness (QED) is 0.850. The third-order valence-corrected chi connectivity index (χ3v) is 6.46. The van der Waals surface area contributed by atoms with Crippen molar-refractivity contribution in [1.29, 1.82) is 0 Å². The van der Waals surface area contributed by atoms with Crippen molar-refractivity contribution in [3.05, 3.63) is 35.9 Å². The molecule has 0 unspecified atom stereocenters. The summed E-state index contributed by atoms with van der Waals surface area (Å²) in [5.74, 6) is 2.24. The highest BCUT2D eigenvalue weighted by Gasteiger charge is 2.42. The Hall–Kier alpha value is -1.33. The van der Waals surface area contributed by atoms with Gasteiger partial charge in [-0.1, -0.05) is 30.3 Å². The van der Waals surface area contributed by atoms with Crippen LogP contribution in [0.4, 0.5) is 0 Å². The van der Waals surface area contributed by atoms with E-state index in [1.165, 1.54) is 0 Å². The number of hydrogen-bond donors (Lipinski definition) is 0. The number of carbonyl (C=O) groups excluding carboxylic acids is 2. The Morgan fingerprint density at radius 3 is 2.35 bits per heavy atom. The van der Waals surface area contributed by atoms with Crippen molar-refractivity contribution in [3.63, 3.8) is 0 Å². The van der Waals surface area contributed by atoms with Crippen molar-refractivity contribution in [2.24, 2.45) is 0 Å². The van der Waals surface area contributed by atoms with E-state index in [9.17, 15) is 9.59 Å². The molecule has 0 spiro atoms. The van der Waals surface area contributed by atoms with E-state index < -0.39 is 5.41 Å². The lowest BCUT2D eigenvalue weighted by Crippen LogP contribution is -2.53. The number of hydrogen-bond acceptors (Lipinski definition) is 4. The number of amides is 1. The van der Waals surface area contributed by atoms with Gasteiger partial charge in [0.05, 0.1) is 11.5 Å². The van der Waals surface area contributed by atoms with E-state index in [1.54, 1.807) is 6.92 Å². The minimum absolute atomic E-state index is 0.00144. The van der Waals surface area contributed by atoms with Gasteiger partial charge in [0.1, 0.15) is 5.78 Å². The van der Waals surface area contributed by atoms with Crippen LogP contribution in [0, 0.1) is 0 Å². The van der Waals surface area contributed by atoms with Crippen LogP contribution < -0.4 is 0 Å². The third-order valence-electron chi connectivity index (χ3n) is 5.32. The number of nitrogens with zero attached hydrogens (tertiary/aromatic N) is 2. The third kappa shape index (κ3) is 3.04. The van der Waals surface area contributed by atoms with Crippen molar-refractivity contribution in [1.82, 2.24) is 9.80 Å². The summed E-state index contributed by atoms with van der Waals surface area (Å²) >= 11 is 1.81. The second kappa shape index (κ2) is 6.65. The Morgan fingerprint density at radius 2 is 1.83 bits per heavy atom. The molecule has 4 nitrogen and oxygen atoms in total. The molecule has 3 rings (SSSR count). The Labute approximate surface area is 142 Å². The molecule has 1 atom stereocenters. The molecule has 2 aliphatic heterocycles. The first kappa shape index (κ1) is 16.5. The lowest BCUT2D eigenvalue weighted by Gasteiger charge is -2.41. The highest BCUT2D eigenvalue weighted by molar-refractivity contribution is 7.99. The molecule has 0 N–H and O–H groups in total. The van der Waals surface area contributed by atoms with Crippen LogP contribution in [0.5, 0.6) is 0 Å². The molecule has 2 aliphatic rings. The van der Waals surface area contributed by atoms with Gasteiger partial charge in [-0.2, -0.15) is 0 Å². The van der Waals surface area contributed by atoms with Crippen molar-refractivity contribution in [2.75, 3.05) is 31.8 Å². The van der Waals surface area contributed by atoms with Gasteiger partial charge in [0, 0.05) is 24.7 Å². The summed E-state index contributed by atoms with van der Waals surface area (Å²) in [5.41, 5.74) is 0.669. The molecular formula is C18H24N2O2S. The fourth-order valence-electron chi connectivity index (χ4n) is 3.71. The van der Waals surface area contributed by atoms with Gasteiger partial charge < -0.3 is 4.90 Å². The summed E-state index contributed by atoms with van der Waals surface area (Å²) in [6.45, 7) is 3.02. The van der Waals surface area contributed by atoms with Crippen molar-refractivity contribution in [3.8, 4) is 0 Å². The fraction of sp³-hybridized carbons (Fsp3) is 0.556. The maximum Gasteiger partial charge on any atom is 0.240 e. The zero-order valence-corrected chi connectivity index (χ0v) is 14.6. The molecule has 0 aliphatic carbocycles. The summed E-state index contributed by atoms with van der Waals surface area (Å²) in [5, 5.41) is 0. The highest BCUT2D eigenvalue weighted by atomic mass is 32.2. The Balaban J connectivity index is 1.73. The summed E-state index contributed by atoms with van der Waals surface area (Å²) in [7, 11) is 2.01. The Kier molecular flexibility index (Phi) is 4.78. The topological polar surface area (TPSA) is 40.6 Å². The van der Waals surface area contributed by atoms with Gasteiger partial charge in [0.2, 0.25) is 5.91 Å². The molecule has 1 amide bonds. The number of ketones is 1. The van der Waals surface area contributed by atoms with Crippen LogP contribution in [-0.4, -0.2) is 59.3 Å². The molecule has 1 aromatic rings. The number of benzene rings is 1. The van der Waals surface area contributed by atoms with Gasteiger partial charge in [-0.25, -0.2) is 0 Å². The van der Waals surface area contributed by atoms with Gasteiger partial charge in [-0.3, -0.25) is 14.5 Å². The molecule has 5 heteroatoms.